The maximum Gasteiger partial charge on any atom is 0.142 e. The number of ether oxygens (including phenoxy) is 1. The van der Waals surface area contributed by atoms with Gasteiger partial charge in [-0.05, 0) is 29.8 Å². The number of nitrogens with two attached hydrogens (primary N) is 1. The average molecular weight is 380 g/mol. The van der Waals surface area contributed by atoms with Gasteiger partial charge >= 0.3 is 0 Å². The minimum absolute atomic E-state index is 0.212. The number of pyridine rings is 1. The van der Waals surface area contributed by atoms with Crippen molar-refractivity contribution >= 4 is 21.7 Å². The Morgan fingerprint density at radius 2 is 1.88 bits per heavy atom. The van der Waals surface area contributed by atoms with Crippen LogP contribution in [0.2, 0.25) is 0 Å². The Bertz CT molecular complexity index is 948. The van der Waals surface area contributed by atoms with E-state index in [2.05, 4.69) is 27.0 Å². The van der Waals surface area contributed by atoms with E-state index >= 15 is 0 Å². The van der Waals surface area contributed by atoms with E-state index in [-0.39, 0.29) is 5.82 Å². The normalized spacial score (nSPS) is 10.2. The third-order valence-electron chi connectivity index (χ3n) is 3.69. The van der Waals surface area contributed by atoms with Crippen molar-refractivity contribution in [3.8, 4) is 34.2 Å². The largest absolute Gasteiger partial charge is 0.497 e. The molecule has 0 aliphatic heterocycles. The Hall–Kier alpha value is -2.84. The van der Waals surface area contributed by atoms with Crippen LogP contribution in [0, 0.1) is 11.3 Å². The van der Waals surface area contributed by atoms with Gasteiger partial charge < -0.3 is 10.5 Å². The van der Waals surface area contributed by atoms with Crippen molar-refractivity contribution in [2.24, 2.45) is 0 Å². The molecule has 0 saturated heterocycles. The van der Waals surface area contributed by atoms with Gasteiger partial charge in [-0.25, -0.2) is 4.98 Å². The molecule has 0 bridgehead atoms. The quantitative estimate of drug-likeness (QED) is 0.719. The lowest BCUT2D eigenvalue weighted by molar-refractivity contribution is 0.415. The molecule has 0 unspecified atom stereocenters. The predicted molar refractivity (Wildman–Crippen MR) is 98.5 cm³/mol. The lowest BCUT2D eigenvalue weighted by Gasteiger charge is -2.12. The molecule has 24 heavy (non-hydrogen) atoms. The topological polar surface area (TPSA) is 71.9 Å². The molecule has 3 aromatic rings. The summed E-state index contributed by atoms with van der Waals surface area (Å²) >= 11 is 3.53. The van der Waals surface area contributed by atoms with E-state index in [0.717, 1.165) is 26.9 Å². The van der Waals surface area contributed by atoms with Gasteiger partial charge in [0.2, 0.25) is 0 Å². The van der Waals surface area contributed by atoms with Crippen LogP contribution in [0.1, 0.15) is 5.56 Å². The third kappa shape index (κ3) is 2.97. The van der Waals surface area contributed by atoms with Crippen molar-refractivity contribution in [2.45, 2.75) is 0 Å². The monoisotopic (exact) mass is 379 g/mol. The number of nitrogen functional groups attached to an aromatic ring is 1. The van der Waals surface area contributed by atoms with Crippen molar-refractivity contribution in [1.29, 1.82) is 5.26 Å². The molecule has 0 fully saturated rings. The minimum atomic E-state index is 0.212. The Labute approximate surface area is 148 Å². The molecular weight excluding hydrogens is 366 g/mol. The van der Waals surface area contributed by atoms with Crippen LogP contribution in [0.5, 0.6) is 5.75 Å². The van der Waals surface area contributed by atoms with Crippen molar-refractivity contribution in [3.63, 3.8) is 0 Å². The Kier molecular flexibility index (Phi) is 4.50. The number of nitriles is 1. The second kappa shape index (κ2) is 6.73. The van der Waals surface area contributed by atoms with Crippen LogP contribution in [-0.2, 0) is 0 Å². The van der Waals surface area contributed by atoms with Crippen molar-refractivity contribution in [1.82, 2.24) is 4.98 Å². The molecule has 1 aromatic heterocycles. The van der Waals surface area contributed by atoms with E-state index in [9.17, 15) is 5.26 Å². The van der Waals surface area contributed by atoms with Gasteiger partial charge in [0.1, 0.15) is 23.2 Å². The summed E-state index contributed by atoms with van der Waals surface area (Å²) < 4.78 is 6.16. The first-order chi connectivity index (χ1) is 11.6. The van der Waals surface area contributed by atoms with Crippen molar-refractivity contribution in [3.05, 3.63) is 64.6 Å². The smallest absolute Gasteiger partial charge is 0.142 e. The number of aromatic nitrogens is 1. The van der Waals surface area contributed by atoms with Crippen LogP contribution in [0.3, 0.4) is 0 Å². The summed E-state index contributed by atoms with van der Waals surface area (Å²) in [4.78, 5) is 4.39. The first-order valence-corrected chi connectivity index (χ1v) is 8.03. The van der Waals surface area contributed by atoms with Gasteiger partial charge in [0.15, 0.2) is 0 Å². The summed E-state index contributed by atoms with van der Waals surface area (Å²) in [5, 5.41) is 9.49. The molecule has 5 heteroatoms. The number of halogens is 1. The van der Waals surface area contributed by atoms with Crippen LogP contribution in [0.25, 0.3) is 22.4 Å². The molecule has 0 aliphatic rings. The van der Waals surface area contributed by atoms with Gasteiger partial charge in [0, 0.05) is 15.6 Å². The van der Waals surface area contributed by atoms with Crippen LogP contribution in [-0.4, -0.2) is 12.1 Å². The van der Waals surface area contributed by atoms with Gasteiger partial charge in [-0.3, -0.25) is 0 Å². The van der Waals surface area contributed by atoms with Crippen LogP contribution in [0.4, 0.5) is 5.82 Å². The number of anilines is 1. The fourth-order valence-electron chi connectivity index (χ4n) is 2.50. The number of hydrogen-bond donors (Lipinski definition) is 1. The second-order valence-corrected chi connectivity index (χ2v) is 5.99. The number of nitrogens with zero attached hydrogens (tertiary/aromatic N) is 2. The zero-order chi connectivity index (χ0) is 17.1. The molecule has 0 aliphatic carbocycles. The zero-order valence-electron chi connectivity index (χ0n) is 13.0. The summed E-state index contributed by atoms with van der Waals surface area (Å²) in [6.07, 6.45) is 0. The summed E-state index contributed by atoms with van der Waals surface area (Å²) in [6, 6.07) is 19.3. The van der Waals surface area contributed by atoms with Gasteiger partial charge in [-0.2, -0.15) is 5.26 Å². The molecule has 0 amide bonds. The molecule has 2 aromatic carbocycles. The second-order valence-electron chi connectivity index (χ2n) is 5.14. The Morgan fingerprint density at radius 3 is 2.58 bits per heavy atom. The molecule has 4 nitrogen and oxygen atoms in total. The minimum Gasteiger partial charge on any atom is -0.497 e. The van der Waals surface area contributed by atoms with E-state index in [1.165, 1.54) is 0 Å². The maximum atomic E-state index is 9.49. The lowest BCUT2D eigenvalue weighted by atomic mass is 9.98. The van der Waals surface area contributed by atoms with Gasteiger partial charge in [-0.1, -0.05) is 46.3 Å². The molecule has 0 spiro atoms. The highest BCUT2D eigenvalue weighted by Gasteiger charge is 2.15. The maximum absolute atomic E-state index is 9.49. The van der Waals surface area contributed by atoms with Crippen molar-refractivity contribution in [2.75, 3.05) is 12.8 Å². The number of hydrogen-bond acceptors (Lipinski definition) is 4. The van der Waals surface area contributed by atoms with E-state index in [1.807, 2.05) is 54.6 Å². The van der Waals surface area contributed by atoms with Gasteiger partial charge in [-0.15, -0.1) is 0 Å². The first-order valence-electron chi connectivity index (χ1n) is 7.24. The predicted octanol–water partition coefficient (Wildman–Crippen LogP) is 4.64. The molecule has 0 saturated carbocycles. The van der Waals surface area contributed by atoms with Crippen LogP contribution in [0.15, 0.2) is 59.1 Å². The molecule has 2 N–H and O–H groups in total. The fraction of sp³-hybridized carbons (Fsp3) is 0.0526. The van der Waals surface area contributed by atoms with E-state index < -0.39 is 0 Å². The summed E-state index contributed by atoms with van der Waals surface area (Å²) in [5.41, 5.74) is 9.62. The highest BCUT2D eigenvalue weighted by atomic mass is 79.9. The summed E-state index contributed by atoms with van der Waals surface area (Å²) in [5.74, 6) is 0.947. The molecule has 3 rings (SSSR count). The molecular formula is C19H14BrN3O. The first kappa shape index (κ1) is 16.0. The van der Waals surface area contributed by atoms with Gasteiger partial charge in [0.25, 0.3) is 0 Å². The lowest BCUT2D eigenvalue weighted by Crippen LogP contribution is -2.00. The van der Waals surface area contributed by atoms with E-state index in [1.54, 1.807) is 7.11 Å². The Morgan fingerprint density at radius 1 is 1.08 bits per heavy atom. The molecule has 1 heterocycles. The zero-order valence-corrected chi connectivity index (χ0v) is 14.5. The fourth-order valence-corrected chi connectivity index (χ4v) is 3.00. The van der Waals surface area contributed by atoms with Crippen LogP contribution >= 0.6 is 15.9 Å². The average Bonchev–Trinajstić information content (AvgIpc) is 2.61. The Balaban J connectivity index is 2.24. The summed E-state index contributed by atoms with van der Waals surface area (Å²) in [6.45, 7) is 0. The highest BCUT2D eigenvalue weighted by Crippen LogP contribution is 2.35. The molecule has 118 valence electrons. The third-order valence-corrected chi connectivity index (χ3v) is 4.38. The molecule has 0 radical (unpaired) electrons. The number of benzene rings is 2. The SMILES string of the molecule is COc1cccc(-c2cc(-c3ccccc3Br)c(C#N)c(N)n2)c1. The van der Waals surface area contributed by atoms with E-state index in [4.69, 9.17) is 10.5 Å². The van der Waals surface area contributed by atoms with E-state index in [0.29, 0.717) is 11.3 Å². The number of methoxy groups -OCH3 is 1. The van der Waals surface area contributed by atoms with Crippen LogP contribution < -0.4 is 10.5 Å². The summed E-state index contributed by atoms with van der Waals surface area (Å²) in [7, 11) is 1.62. The molecule has 0 atom stereocenters. The van der Waals surface area contributed by atoms with Crippen molar-refractivity contribution < 1.29 is 4.74 Å². The highest BCUT2D eigenvalue weighted by molar-refractivity contribution is 9.10. The number of rotatable bonds is 3. The van der Waals surface area contributed by atoms with Gasteiger partial charge in [0.05, 0.1) is 12.8 Å². The standard InChI is InChI=1S/C19H14BrN3O/c1-24-13-6-4-5-12(9-13)18-10-15(16(11-21)19(22)23-18)14-7-2-3-8-17(14)20/h2-10H,1H3,(H2,22,23).